The van der Waals surface area contributed by atoms with Gasteiger partial charge >= 0.3 is 6.09 Å². The molecule has 2 aromatic rings. The van der Waals surface area contributed by atoms with Crippen LogP contribution in [0, 0.1) is 5.92 Å². The van der Waals surface area contributed by atoms with Gasteiger partial charge in [-0.3, -0.25) is 14.9 Å². The second-order valence-electron chi connectivity index (χ2n) is 8.99. The Kier molecular flexibility index (Phi) is 6.43. The smallest absolute Gasteiger partial charge is 0.407 e. The molecule has 4 atom stereocenters. The number of carbonyl (C=O) groups excluding carboxylic acids is 2. The average Bonchev–Trinajstić information content (AvgIpc) is 3.42. The van der Waals surface area contributed by atoms with Crippen LogP contribution >= 0.6 is 0 Å². The summed E-state index contributed by atoms with van der Waals surface area (Å²) in [5.74, 6) is 0.403. The van der Waals surface area contributed by atoms with Crippen molar-refractivity contribution in [3.05, 3.63) is 30.0 Å². The summed E-state index contributed by atoms with van der Waals surface area (Å²) in [6.07, 6.45) is 5.19. The number of alkyl carbamates (subject to hydrolysis) is 1. The molecule has 31 heavy (non-hydrogen) atoms. The van der Waals surface area contributed by atoms with Gasteiger partial charge in [-0.15, -0.1) is 0 Å². The Balaban J connectivity index is 1.22. The van der Waals surface area contributed by atoms with Crippen LogP contribution < -0.4 is 21.5 Å². The summed E-state index contributed by atoms with van der Waals surface area (Å²) < 4.78 is 7.35. The van der Waals surface area contributed by atoms with Crippen LogP contribution in [0.4, 0.5) is 4.79 Å². The van der Waals surface area contributed by atoms with Crippen LogP contribution in [0.1, 0.15) is 45.1 Å². The number of aryl methyl sites for hydroxylation is 1. The lowest BCUT2D eigenvalue weighted by atomic mass is 9.96. The number of aromatic nitrogens is 2. The molecule has 2 fully saturated rings. The number of rotatable bonds is 6. The average molecular weight is 429 g/mol. The SMILES string of the molecule is CC(C)NC(=O)O[C@@H]1CC[C@H](C2CC(NC(=O)Cc3ccc4c(cnn4C)c3)NN2)C1. The highest BCUT2D eigenvalue weighted by atomic mass is 16.6. The van der Waals surface area contributed by atoms with Gasteiger partial charge in [0.2, 0.25) is 5.91 Å². The van der Waals surface area contributed by atoms with E-state index in [1.165, 1.54) is 0 Å². The van der Waals surface area contributed by atoms with Crippen molar-refractivity contribution in [2.45, 2.75) is 70.3 Å². The van der Waals surface area contributed by atoms with E-state index in [4.69, 9.17) is 4.74 Å². The third kappa shape index (κ3) is 5.34. The number of hydrazine groups is 1. The molecule has 9 heteroatoms. The van der Waals surface area contributed by atoms with Gasteiger partial charge in [0.1, 0.15) is 6.10 Å². The minimum atomic E-state index is -0.340. The first-order valence-corrected chi connectivity index (χ1v) is 11.1. The predicted molar refractivity (Wildman–Crippen MR) is 117 cm³/mol. The van der Waals surface area contributed by atoms with Gasteiger partial charge in [0.15, 0.2) is 0 Å². The molecule has 0 spiro atoms. The van der Waals surface area contributed by atoms with E-state index in [1.54, 1.807) is 0 Å². The summed E-state index contributed by atoms with van der Waals surface area (Å²) in [4.78, 5) is 24.4. The van der Waals surface area contributed by atoms with Crippen LogP contribution in [-0.4, -0.2) is 46.1 Å². The number of carbonyl (C=O) groups is 2. The first-order chi connectivity index (χ1) is 14.9. The van der Waals surface area contributed by atoms with Crippen molar-refractivity contribution >= 4 is 22.9 Å². The minimum absolute atomic E-state index is 0.0128. The molecule has 1 aromatic carbocycles. The fourth-order valence-electron chi connectivity index (χ4n) is 4.61. The van der Waals surface area contributed by atoms with Crippen LogP contribution in [0.2, 0.25) is 0 Å². The molecular weight excluding hydrogens is 396 g/mol. The van der Waals surface area contributed by atoms with Gasteiger partial charge in [-0.25, -0.2) is 10.2 Å². The van der Waals surface area contributed by atoms with E-state index in [2.05, 4.69) is 26.6 Å². The molecule has 4 N–H and O–H groups in total. The standard InChI is InChI=1S/C22H32N6O3/c1-13(2)24-22(30)31-17-6-5-15(10-17)18-11-20(27-26-18)25-21(29)9-14-4-7-19-16(8-14)12-23-28(19)3/h4,7-8,12-13,15,17-18,20,26-27H,5-6,9-11H2,1-3H3,(H,24,30)(H,25,29)/t15-,17+,18?,20?/m0/s1. The zero-order valence-electron chi connectivity index (χ0n) is 18.4. The fourth-order valence-corrected chi connectivity index (χ4v) is 4.61. The summed E-state index contributed by atoms with van der Waals surface area (Å²) in [6.45, 7) is 3.83. The molecule has 4 rings (SSSR count). The molecule has 1 aromatic heterocycles. The first-order valence-electron chi connectivity index (χ1n) is 11.1. The van der Waals surface area contributed by atoms with E-state index >= 15 is 0 Å². The molecule has 2 unspecified atom stereocenters. The largest absolute Gasteiger partial charge is 0.446 e. The van der Waals surface area contributed by atoms with Crippen LogP contribution in [0.25, 0.3) is 10.9 Å². The maximum absolute atomic E-state index is 12.5. The lowest BCUT2D eigenvalue weighted by molar-refractivity contribution is -0.121. The molecule has 1 aliphatic heterocycles. The molecule has 9 nitrogen and oxygen atoms in total. The summed E-state index contributed by atoms with van der Waals surface area (Å²) in [5.41, 5.74) is 8.54. The highest BCUT2D eigenvalue weighted by molar-refractivity contribution is 5.83. The Hall–Kier alpha value is -2.65. The Bertz CT molecular complexity index is 942. The Morgan fingerprint density at radius 1 is 1.26 bits per heavy atom. The molecule has 168 valence electrons. The van der Waals surface area contributed by atoms with E-state index in [0.717, 1.165) is 42.1 Å². The normalized spacial score (nSPS) is 25.8. The second kappa shape index (κ2) is 9.23. The Morgan fingerprint density at radius 2 is 2.10 bits per heavy atom. The molecule has 2 aliphatic rings. The summed E-state index contributed by atoms with van der Waals surface area (Å²) in [7, 11) is 1.91. The van der Waals surface area contributed by atoms with Gasteiger partial charge in [0.25, 0.3) is 0 Å². The monoisotopic (exact) mass is 428 g/mol. The van der Waals surface area contributed by atoms with Gasteiger partial charge in [-0.2, -0.15) is 5.10 Å². The van der Waals surface area contributed by atoms with E-state index in [-0.39, 0.29) is 36.4 Å². The number of hydrogen-bond donors (Lipinski definition) is 4. The third-order valence-electron chi connectivity index (χ3n) is 6.12. The number of nitrogens with zero attached hydrogens (tertiary/aromatic N) is 2. The highest BCUT2D eigenvalue weighted by Crippen LogP contribution is 2.32. The quantitative estimate of drug-likeness (QED) is 0.558. The van der Waals surface area contributed by atoms with E-state index in [0.29, 0.717) is 12.3 Å². The number of ether oxygens (including phenoxy) is 1. The van der Waals surface area contributed by atoms with Crippen LogP contribution in [0.15, 0.2) is 24.4 Å². The van der Waals surface area contributed by atoms with Crippen LogP contribution in [0.3, 0.4) is 0 Å². The third-order valence-corrected chi connectivity index (χ3v) is 6.12. The molecule has 0 bridgehead atoms. The van der Waals surface area contributed by atoms with Gasteiger partial charge in [0, 0.05) is 24.5 Å². The van der Waals surface area contributed by atoms with Crippen LogP contribution in [0.5, 0.6) is 0 Å². The van der Waals surface area contributed by atoms with Crippen molar-refractivity contribution in [1.29, 1.82) is 0 Å². The fraction of sp³-hybridized carbons (Fsp3) is 0.591. The van der Waals surface area contributed by atoms with E-state index in [1.807, 2.05) is 50.0 Å². The van der Waals surface area contributed by atoms with Crippen LogP contribution in [-0.2, 0) is 23.0 Å². The second-order valence-corrected chi connectivity index (χ2v) is 8.99. The summed E-state index contributed by atoms with van der Waals surface area (Å²) in [6, 6.07) is 6.30. The molecular formula is C22H32N6O3. The van der Waals surface area contributed by atoms with Crippen molar-refractivity contribution in [3.8, 4) is 0 Å². The van der Waals surface area contributed by atoms with Crippen molar-refractivity contribution in [3.63, 3.8) is 0 Å². The maximum Gasteiger partial charge on any atom is 0.407 e. The zero-order valence-corrected chi connectivity index (χ0v) is 18.4. The topological polar surface area (TPSA) is 109 Å². The van der Waals surface area contributed by atoms with Gasteiger partial charge < -0.3 is 15.4 Å². The number of amides is 2. The number of benzene rings is 1. The van der Waals surface area contributed by atoms with Gasteiger partial charge in [-0.05, 0) is 63.1 Å². The first kappa shape index (κ1) is 21.6. The van der Waals surface area contributed by atoms with Gasteiger partial charge in [0.05, 0.1) is 24.3 Å². The molecule has 1 saturated carbocycles. The Labute approximate surface area is 182 Å². The molecule has 2 amide bonds. The lowest BCUT2D eigenvalue weighted by Gasteiger charge is -2.18. The molecule has 2 heterocycles. The highest BCUT2D eigenvalue weighted by Gasteiger charge is 2.37. The van der Waals surface area contributed by atoms with E-state index in [9.17, 15) is 9.59 Å². The lowest BCUT2D eigenvalue weighted by Crippen LogP contribution is -2.45. The predicted octanol–water partition coefficient (Wildman–Crippen LogP) is 1.73. The van der Waals surface area contributed by atoms with Crippen molar-refractivity contribution < 1.29 is 14.3 Å². The Morgan fingerprint density at radius 3 is 2.90 bits per heavy atom. The minimum Gasteiger partial charge on any atom is -0.446 e. The molecule has 1 aliphatic carbocycles. The van der Waals surface area contributed by atoms with Crippen molar-refractivity contribution in [2.24, 2.45) is 13.0 Å². The summed E-state index contributed by atoms with van der Waals surface area (Å²) >= 11 is 0. The number of nitrogens with one attached hydrogen (secondary N) is 4. The molecule has 0 radical (unpaired) electrons. The zero-order chi connectivity index (χ0) is 22.0. The maximum atomic E-state index is 12.5. The van der Waals surface area contributed by atoms with Crippen molar-refractivity contribution in [2.75, 3.05) is 0 Å². The van der Waals surface area contributed by atoms with Crippen molar-refractivity contribution in [1.82, 2.24) is 31.3 Å². The number of fused-ring (bicyclic) bond motifs is 1. The molecule has 1 saturated heterocycles. The van der Waals surface area contributed by atoms with Gasteiger partial charge in [-0.1, -0.05) is 6.07 Å². The number of hydrogen-bond acceptors (Lipinski definition) is 6. The van der Waals surface area contributed by atoms with E-state index < -0.39 is 0 Å². The summed E-state index contributed by atoms with van der Waals surface area (Å²) in [5, 5.41) is 11.1.